The average molecular weight is 484 g/mol. The van der Waals surface area contributed by atoms with Gasteiger partial charge in [0.15, 0.2) is 0 Å². The molecule has 2 aromatic rings. The van der Waals surface area contributed by atoms with Crippen molar-refractivity contribution in [3.8, 4) is 5.75 Å². The highest BCUT2D eigenvalue weighted by Gasteiger charge is 2.39. The molecule has 4 nitrogen and oxygen atoms in total. The molecule has 2 unspecified atom stereocenters. The smallest absolute Gasteiger partial charge is 0.227 e. The molecule has 0 radical (unpaired) electrons. The van der Waals surface area contributed by atoms with Gasteiger partial charge in [0, 0.05) is 13.1 Å². The number of fused-ring (bicyclic) bond motifs is 1. The minimum atomic E-state index is 0. The van der Waals surface area contributed by atoms with Gasteiger partial charge in [0.1, 0.15) is 5.75 Å². The lowest BCUT2D eigenvalue weighted by atomic mass is 9.81. The number of hydrogen-bond acceptors (Lipinski definition) is 3. The number of likely N-dealkylation sites (N-methyl/N-ethyl adjacent to an activating group) is 1. The monoisotopic (exact) mass is 482 g/mol. The van der Waals surface area contributed by atoms with E-state index in [-0.39, 0.29) is 24.4 Å². The van der Waals surface area contributed by atoms with Gasteiger partial charge in [0.2, 0.25) is 5.91 Å². The molecular weight excluding hydrogens is 455 g/mol. The van der Waals surface area contributed by atoms with Crippen LogP contribution >= 0.6 is 35.6 Å². The number of methoxy groups -OCH3 is 1. The molecule has 1 aliphatic heterocycles. The van der Waals surface area contributed by atoms with Gasteiger partial charge in [-0.15, -0.1) is 12.4 Å². The Balaban J connectivity index is 0.00000272. The summed E-state index contributed by atoms with van der Waals surface area (Å²) in [6.07, 6.45) is 4.77. The van der Waals surface area contributed by atoms with Gasteiger partial charge in [0.25, 0.3) is 0 Å². The molecule has 168 valence electrons. The van der Waals surface area contributed by atoms with Crippen molar-refractivity contribution in [1.82, 2.24) is 9.80 Å². The van der Waals surface area contributed by atoms with Gasteiger partial charge in [-0.05, 0) is 73.7 Å². The molecule has 2 aliphatic rings. The molecule has 0 saturated carbocycles. The second-order valence-corrected chi connectivity index (χ2v) is 9.07. The zero-order valence-corrected chi connectivity index (χ0v) is 20.3. The second-order valence-electron chi connectivity index (χ2n) is 8.25. The van der Waals surface area contributed by atoms with E-state index in [1.807, 2.05) is 30.1 Å². The lowest BCUT2D eigenvalue weighted by molar-refractivity contribution is -0.133. The van der Waals surface area contributed by atoms with Crippen LogP contribution in [0, 0.1) is 0 Å². The van der Waals surface area contributed by atoms with Crippen LogP contribution in [0.2, 0.25) is 10.0 Å². The Morgan fingerprint density at radius 2 is 1.90 bits per heavy atom. The van der Waals surface area contributed by atoms with Crippen molar-refractivity contribution in [2.24, 2.45) is 0 Å². The Morgan fingerprint density at radius 3 is 2.58 bits per heavy atom. The maximum absolute atomic E-state index is 13.3. The third-order valence-corrected chi connectivity index (χ3v) is 7.26. The fourth-order valence-corrected chi connectivity index (χ4v) is 5.32. The molecule has 31 heavy (non-hydrogen) atoms. The Labute approximate surface area is 200 Å². The zero-order valence-electron chi connectivity index (χ0n) is 17.9. The van der Waals surface area contributed by atoms with Crippen molar-refractivity contribution >= 4 is 41.5 Å². The van der Waals surface area contributed by atoms with E-state index in [4.69, 9.17) is 27.9 Å². The molecule has 1 heterocycles. The van der Waals surface area contributed by atoms with E-state index in [1.165, 1.54) is 24.0 Å². The molecule has 1 fully saturated rings. The SMILES string of the molecule is COc1cccc2c1CCC(N1CCCC1)C2N(C)C(=O)Cc1ccc(Cl)c(Cl)c1.Cl. The van der Waals surface area contributed by atoms with Gasteiger partial charge in [-0.2, -0.15) is 0 Å². The first-order valence-corrected chi connectivity index (χ1v) is 11.3. The third-order valence-electron chi connectivity index (χ3n) is 6.52. The molecular formula is C24H29Cl3N2O2. The zero-order chi connectivity index (χ0) is 21.3. The summed E-state index contributed by atoms with van der Waals surface area (Å²) in [6, 6.07) is 12.0. The first-order valence-electron chi connectivity index (χ1n) is 10.6. The van der Waals surface area contributed by atoms with Gasteiger partial charge in [-0.1, -0.05) is 41.4 Å². The number of halogens is 3. The van der Waals surface area contributed by atoms with Crippen LogP contribution in [0.5, 0.6) is 5.75 Å². The van der Waals surface area contributed by atoms with Gasteiger partial charge < -0.3 is 9.64 Å². The average Bonchev–Trinajstić information content (AvgIpc) is 3.29. The maximum atomic E-state index is 13.3. The summed E-state index contributed by atoms with van der Waals surface area (Å²) in [7, 11) is 3.65. The van der Waals surface area contributed by atoms with Gasteiger partial charge in [-0.3, -0.25) is 9.69 Å². The van der Waals surface area contributed by atoms with Crippen LogP contribution in [0.25, 0.3) is 0 Å². The second kappa shape index (κ2) is 10.4. The lowest BCUT2D eigenvalue weighted by Crippen LogP contribution is -2.48. The fourth-order valence-electron chi connectivity index (χ4n) is 5.00. The summed E-state index contributed by atoms with van der Waals surface area (Å²) in [5.74, 6) is 1.00. The summed E-state index contributed by atoms with van der Waals surface area (Å²) < 4.78 is 5.64. The number of rotatable bonds is 5. The standard InChI is InChI=1S/C24H28Cl2N2O2.ClH/c1-27(23(29)15-16-8-10-19(25)20(26)14-16)24-18-6-5-7-22(30-2)17(18)9-11-21(24)28-12-3-4-13-28;/h5-8,10,14,21,24H,3-4,9,11-13,15H2,1-2H3;1H. The van der Waals surface area contributed by atoms with E-state index >= 15 is 0 Å². The minimum Gasteiger partial charge on any atom is -0.496 e. The number of benzene rings is 2. The Bertz CT molecular complexity index is 931. The van der Waals surface area contributed by atoms with Gasteiger partial charge >= 0.3 is 0 Å². The Kier molecular flexibility index (Phi) is 8.14. The van der Waals surface area contributed by atoms with Crippen molar-refractivity contribution in [2.75, 3.05) is 27.2 Å². The summed E-state index contributed by atoms with van der Waals surface area (Å²) in [4.78, 5) is 17.8. The lowest BCUT2D eigenvalue weighted by Gasteiger charge is -2.44. The van der Waals surface area contributed by atoms with Crippen LogP contribution in [0.15, 0.2) is 36.4 Å². The topological polar surface area (TPSA) is 32.8 Å². The van der Waals surface area contributed by atoms with Crippen molar-refractivity contribution in [3.63, 3.8) is 0 Å². The first kappa shape index (κ1) is 24.2. The van der Waals surface area contributed by atoms with E-state index in [1.54, 1.807) is 19.2 Å². The highest BCUT2D eigenvalue weighted by Crippen LogP contribution is 2.41. The fraction of sp³-hybridized carbons (Fsp3) is 0.458. The molecule has 2 atom stereocenters. The van der Waals surface area contributed by atoms with E-state index in [2.05, 4.69) is 11.0 Å². The van der Waals surface area contributed by atoms with Crippen LogP contribution in [-0.4, -0.2) is 49.0 Å². The first-order chi connectivity index (χ1) is 14.5. The van der Waals surface area contributed by atoms with Crippen molar-refractivity contribution in [1.29, 1.82) is 0 Å². The van der Waals surface area contributed by atoms with Gasteiger partial charge in [-0.25, -0.2) is 0 Å². The van der Waals surface area contributed by atoms with Crippen molar-refractivity contribution in [3.05, 3.63) is 63.1 Å². The van der Waals surface area contributed by atoms with Crippen molar-refractivity contribution < 1.29 is 9.53 Å². The number of carbonyl (C=O) groups excluding carboxylic acids is 1. The van der Waals surface area contributed by atoms with Crippen LogP contribution in [0.3, 0.4) is 0 Å². The number of likely N-dealkylation sites (tertiary alicyclic amines) is 1. The predicted octanol–water partition coefficient (Wildman–Crippen LogP) is 5.58. The number of nitrogens with zero attached hydrogens (tertiary/aromatic N) is 2. The molecule has 0 N–H and O–H groups in total. The summed E-state index contributed by atoms with van der Waals surface area (Å²) in [5.41, 5.74) is 3.32. The number of hydrogen-bond donors (Lipinski definition) is 0. The number of amides is 1. The highest BCUT2D eigenvalue weighted by molar-refractivity contribution is 6.42. The summed E-state index contributed by atoms with van der Waals surface area (Å²) in [6.45, 7) is 2.21. The van der Waals surface area contributed by atoms with E-state index in [9.17, 15) is 4.79 Å². The molecule has 1 aliphatic carbocycles. The Hall–Kier alpha value is -1.46. The molecule has 4 rings (SSSR count). The quantitative estimate of drug-likeness (QED) is 0.557. The van der Waals surface area contributed by atoms with E-state index < -0.39 is 0 Å². The van der Waals surface area contributed by atoms with E-state index in [0.29, 0.717) is 22.5 Å². The molecule has 0 bridgehead atoms. The summed E-state index contributed by atoms with van der Waals surface area (Å²) >= 11 is 12.2. The third kappa shape index (κ3) is 4.98. The molecule has 1 saturated heterocycles. The molecule has 1 amide bonds. The van der Waals surface area contributed by atoms with Crippen LogP contribution in [0.4, 0.5) is 0 Å². The predicted molar refractivity (Wildman–Crippen MR) is 129 cm³/mol. The molecule has 2 aromatic carbocycles. The van der Waals surface area contributed by atoms with Crippen molar-refractivity contribution in [2.45, 2.75) is 44.2 Å². The van der Waals surface area contributed by atoms with Crippen LogP contribution in [-0.2, 0) is 17.6 Å². The largest absolute Gasteiger partial charge is 0.496 e. The molecule has 0 spiro atoms. The van der Waals surface area contributed by atoms with Gasteiger partial charge in [0.05, 0.1) is 29.6 Å². The van der Waals surface area contributed by atoms with E-state index in [0.717, 1.165) is 37.2 Å². The minimum absolute atomic E-state index is 0. The highest BCUT2D eigenvalue weighted by atomic mass is 35.5. The Morgan fingerprint density at radius 1 is 1.16 bits per heavy atom. The molecule has 0 aromatic heterocycles. The van der Waals surface area contributed by atoms with Crippen LogP contribution in [0.1, 0.15) is 42.0 Å². The maximum Gasteiger partial charge on any atom is 0.227 e. The number of ether oxygens (including phenoxy) is 1. The number of carbonyl (C=O) groups is 1. The summed E-state index contributed by atoms with van der Waals surface area (Å²) in [5, 5.41) is 0.982. The normalized spacial score (nSPS) is 20.6. The molecule has 7 heteroatoms. The van der Waals surface area contributed by atoms with Crippen LogP contribution < -0.4 is 4.74 Å².